The van der Waals surface area contributed by atoms with E-state index in [0.29, 0.717) is 29.8 Å². The van der Waals surface area contributed by atoms with Crippen molar-refractivity contribution in [3.63, 3.8) is 0 Å². The molecule has 0 bridgehead atoms. The summed E-state index contributed by atoms with van der Waals surface area (Å²) in [6.45, 7) is 22.4. The summed E-state index contributed by atoms with van der Waals surface area (Å²) in [6.07, 6.45) is 2.93. The molecule has 1 unspecified atom stereocenters. The van der Waals surface area contributed by atoms with Gasteiger partial charge in [-0.2, -0.15) is 0 Å². The lowest BCUT2D eigenvalue weighted by molar-refractivity contribution is -0.893. The summed E-state index contributed by atoms with van der Waals surface area (Å²) < 4.78 is 58.0. The topological polar surface area (TPSA) is 111 Å². The van der Waals surface area contributed by atoms with E-state index >= 15 is 0 Å². The van der Waals surface area contributed by atoms with Gasteiger partial charge < -0.3 is 26.7 Å². The quantitative estimate of drug-likeness (QED) is 0.0452. The van der Waals surface area contributed by atoms with Crippen molar-refractivity contribution in [2.45, 2.75) is 97.0 Å². The molecule has 0 aliphatic carbocycles. The minimum Gasteiger partial charge on any atom is -0.748 e. The van der Waals surface area contributed by atoms with Crippen molar-refractivity contribution in [3.8, 4) is 0 Å². The molecule has 0 rings (SSSR count). The third kappa shape index (κ3) is 19.6. The molecular formula is C25H55NO8SSi3. The molecule has 0 N–H and O–H groups in total. The van der Waals surface area contributed by atoms with E-state index in [1.807, 2.05) is 14.1 Å². The van der Waals surface area contributed by atoms with Crippen molar-refractivity contribution in [2.75, 3.05) is 46.2 Å². The molecule has 38 heavy (non-hydrogen) atoms. The fourth-order valence-electron chi connectivity index (χ4n) is 4.56. The van der Waals surface area contributed by atoms with E-state index in [0.717, 1.165) is 18.5 Å². The monoisotopic (exact) mass is 613 g/mol. The second-order valence-electron chi connectivity index (χ2n) is 12.7. The highest BCUT2D eigenvalue weighted by molar-refractivity contribution is 7.85. The first-order valence-electron chi connectivity index (χ1n) is 13.7. The zero-order chi connectivity index (χ0) is 29.8. The Kier molecular flexibility index (Phi) is 16.0. The minimum absolute atomic E-state index is 0.226. The molecular weight excluding hydrogens is 559 g/mol. The molecule has 0 saturated heterocycles. The van der Waals surface area contributed by atoms with Crippen molar-refractivity contribution in [3.05, 3.63) is 12.2 Å². The number of nitrogens with zero attached hydrogens (tertiary/aromatic N) is 1. The number of ether oxygens (including phenoxy) is 2. The summed E-state index contributed by atoms with van der Waals surface area (Å²) in [4.78, 5) is 12.2. The largest absolute Gasteiger partial charge is 0.748 e. The number of hydrogen-bond acceptors (Lipinski definition) is 8. The van der Waals surface area contributed by atoms with E-state index in [2.05, 4.69) is 52.8 Å². The summed E-state index contributed by atoms with van der Waals surface area (Å²) in [7, 11) is -6.36. The molecule has 0 heterocycles. The summed E-state index contributed by atoms with van der Waals surface area (Å²) in [5.41, 5.74) is 0.303. The zero-order valence-electron chi connectivity index (χ0n) is 25.7. The molecule has 0 spiro atoms. The summed E-state index contributed by atoms with van der Waals surface area (Å²) in [6, 6.07) is 2.09. The molecule has 0 radical (unpaired) electrons. The van der Waals surface area contributed by atoms with Gasteiger partial charge in [-0.15, -0.1) is 0 Å². The number of likely N-dealkylation sites (N-methyl/N-ethyl adjacent to an activating group) is 1. The Hall–Kier alpha value is -0.389. The van der Waals surface area contributed by atoms with Crippen LogP contribution >= 0.6 is 0 Å². The Morgan fingerprint density at radius 2 is 1.50 bits per heavy atom. The Morgan fingerprint density at radius 3 is 1.97 bits per heavy atom. The van der Waals surface area contributed by atoms with Gasteiger partial charge in [-0.1, -0.05) is 26.3 Å². The van der Waals surface area contributed by atoms with Gasteiger partial charge in [0.25, 0.3) is 0 Å². The first-order chi connectivity index (χ1) is 17.1. The number of carbonyl (C=O) groups is 1. The van der Waals surface area contributed by atoms with E-state index < -0.39 is 53.1 Å². The molecule has 1 atom stereocenters. The average Bonchev–Trinajstić information content (AvgIpc) is 2.68. The van der Waals surface area contributed by atoms with E-state index in [4.69, 9.17) is 17.7 Å². The Bertz CT molecular complexity index is 848. The maximum absolute atomic E-state index is 12.2. The van der Waals surface area contributed by atoms with Crippen molar-refractivity contribution < 1.29 is 40.0 Å². The van der Waals surface area contributed by atoms with Gasteiger partial charge in [0.05, 0.1) is 37.4 Å². The normalized spacial score (nSPS) is 14.4. The lowest BCUT2D eigenvalue weighted by Gasteiger charge is -2.38. The second-order valence-corrected chi connectivity index (χ2v) is 26.7. The number of esters is 1. The molecule has 0 aromatic carbocycles. The molecule has 0 aromatic heterocycles. The lowest BCUT2D eigenvalue weighted by atomic mass is 10.2. The van der Waals surface area contributed by atoms with Crippen LogP contribution in [0.5, 0.6) is 0 Å². The van der Waals surface area contributed by atoms with Crippen LogP contribution in [0.25, 0.3) is 0 Å². The predicted octanol–water partition coefficient (Wildman–Crippen LogP) is 4.84. The van der Waals surface area contributed by atoms with Gasteiger partial charge in [0, 0.05) is 24.4 Å². The smallest absolute Gasteiger partial charge is 0.333 e. The van der Waals surface area contributed by atoms with Gasteiger partial charge in [-0.25, -0.2) is 13.2 Å². The minimum atomic E-state index is -4.25. The van der Waals surface area contributed by atoms with E-state index in [-0.39, 0.29) is 13.0 Å². The van der Waals surface area contributed by atoms with Crippen molar-refractivity contribution in [2.24, 2.45) is 0 Å². The van der Waals surface area contributed by atoms with Crippen LogP contribution in [-0.4, -0.2) is 101 Å². The SMILES string of the molecule is C=C(C)C(=O)OC(COCCC[Si](C)(C)O[Si](C)(C)O[Si](C)(C)CCCC)C[N+](C)(C)CCCS(=O)(=O)[O-]. The number of rotatable bonds is 21. The van der Waals surface area contributed by atoms with Crippen LogP contribution in [0, 0.1) is 0 Å². The van der Waals surface area contributed by atoms with Gasteiger partial charge in [-0.05, 0) is 64.7 Å². The molecule has 226 valence electrons. The highest BCUT2D eigenvalue weighted by Gasteiger charge is 2.39. The third-order valence-corrected chi connectivity index (χ3v) is 18.3. The number of hydrogen-bond donors (Lipinski definition) is 0. The van der Waals surface area contributed by atoms with Gasteiger partial charge in [0.1, 0.15) is 6.54 Å². The molecule has 0 aliphatic heterocycles. The van der Waals surface area contributed by atoms with Crippen molar-refractivity contribution in [1.82, 2.24) is 0 Å². The van der Waals surface area contributed by atoms with Crippen molar-refractivity contribution in [1.29, 1.82) is 0 Å². The molecule has 9 nitrogen and oxygen atoms in total. The summed E-state index contributed by atoms with van der Waals surface area (Å²) in [5.74, 6) is -0.896. The molecule has 0 amide bonds. The fourth-order valence-corrected chi connectivity index (χ4v) is 19.2. The van der Waals surface area contributed by atoms with Crippen LogP contribution < -0.4 is 0 Å². The molecule has 0 saturated carbocycles. The fraction of sp³-hybridized carbons (Fsp3) is 0.880. The number of unbranched alkanes of at least 4 members (excludes halogenated alkanes) is 1. The van der Waals surface area contributed by atoms with Crippen LogP contribution in [0.2, 0.25) is 51.4 Å². The maximum Gasteiger partial charge on any atom is 0.333 e. The van der Waals surface area contributed by atoms with Gasteiger partial charge >= 0.3 is 14.5 Å². The highest BCUT2D eigenvalue weighted by atomic mass is 32.2. The summed E-state index contributed by atoms with van der Waals surface area (Å²) in [5, 5.41) is 0. The average molecular weight is 614 g/mol. The third-order valence-electron chi connectivity index (χ3n) is 6.03. The predicted molar refractivity (Wildman–Crippen MR) is 160 cm³/mol. The van der Waals surface area contributed by atoms with Gasteiger partial charge in [0.2, 0.25) is 0 Å². The Morgan fingerprint density at radius 1 is 0.974 bits per heavy atom. The standard InChI is InChI=1S/C25H55NO8SSi3/c1-12-13-19-36(6,7)33-38(10,11)34-37(8,9)20-15-17-31-22-24(32-25(27)23(2)3)21-26(4,5)16-14-18-35(28,29)30/h24H,2,12-22H2,1,3-11H3. The molecule has 0 aromatic rings. The van der Waals surface area contributed by atoms with E-state index in [9.17, 15) is 17.8 Å². The number of quaternary nitrogens is 1. The van der Waals surface area contributed by atoms with Crippen LogP contribution in [0.4, 0.5) is 0 Å². The van der Waals surface area contributed by atoms with Crippen molar-refractivity contribution >= 4 is 41.3 Å². The molecule has 0 aliphatic rings. The maximum atomic E-state index is 12.2. The lowest BCUT2D eigenvalue weighted by Crippen LogP contribution is -2.52. The highest BCUT2D eigenvalue weighted by Crippen LogP contribution is 2.26. The first kappa shape index (κ1) is 37.6. The van der Waals surface area contributed by atoms with Crippen LogP contribution in [0.3, 0.4) is 0 Å². The van der Waals surface area contributed by atoms with Gasteiger partial charge in [-0.3, -0.25) is 0 Å². The summed E-state index contributed by atoms with van der Waals surface area (Å²) >= 11 is 0. The van der Waals surface area contributed by atoms with E-state index in [1.165, 1.54) is 12.8 Å². The van der Waals surface area contributed by atoms with Gasteiger partial charge in [0.15, 0.2) is 22.7 Å². The zero-order valence-corrected chi connectivity index (χ0v) is 29.5. The first-order valence-corrected chi connectivity index (χ1v) is 24.3. The van der Waals surface area contributed by atoms with Crippen LogP contribution in [-0.2, 0) is 32.6 Å². The van der Waals surface area contributed by atoms with Crippen LogP contribution in [0.15, 0.2) is 12.2 Å². The van der Waals surface area contributed by atoms with E-state index in [1.54, 1.807) is 6.92 Å². The number of carbonyl (C=O) groups excluding carboxylic acids is 1. The molecule has 0 fully saturated rings. The van der Waals surface area contributed by atoms with Crippen LogP contribution in [0.1, 0.15) is 39.5 Å². The second kappa shape index (κ2) is 16.2. The Balaban J connectivity index is 4.84. The Labute approximate surface area is 236 Å². The molecule has 13 heteroatoms.